The third-order valence-corrected chi connectivity index (χ3v) is 3.46. The van der Waals surface area contributed by atoms with E-state index in [-0.39, 0.29) is 18.3 Å². The smallest absolute Gasteiger partial charge is 0.220 e. The molecule has 0 saturated heterocycles. The number of hydrogen-bond acceptors (Lipinski definition) is 3. The largest absolute Gasteiger partial charge is 0.355 e. The highest BCUT2D eigenvalue weighted by molar-refractivity contribution is 5.85. The minimum absolute atomic E-state index is 0. The van der Waals surface area contributed by atoms with Crippen molar-refractivity contribution in [3.8, 4) is 5.69 Å². The van der Waals surface area contributed by atoms with Gasteiger partial charge in [0.2, 0.25) is 5.91 Å². The summed E-state index contributed by atoms with van der Waals surface area (Å²) in [6, 6.07) is 10.3. The zero-order valence-electron chi connectivity index (χ0n) is 13.7. The van der Waals surface area contributed by atoms with Crippen LogP contribution in [0.4, 0.5) is 0 Å². The first-order valence-electron chi connectivity index (χ1n) is 7.78. The number of hydrogen-bond donors (Lipinski definition) is 2. The minimum atomic E-state index is 0. The number of amides is 1. The summed E-state index contributed by atoms with van der Waals surface area (Å²) >= 11 is 0. The Bertz CT molecular complexity index is 585. The van der Waals surface area contributed by atoms with E-state index in [4.69, 9.17) is 0 Å². The number of nitrogens with one attached hydrogen (secondary N) is 2. The lowest BCUT2D eigenvalue weighted by Crippen LogP contribution is -2.38. The van der Waals surface area contributed by atoms with Gasteiger partial charge in [0, 0.05) is 25.2 Å². The van der Waals surface area contributed by atoms with Gasteiger partial charge >= 0.3 is 0 Å². The number of aromatic nitrogens is 2. The van der Waals surface area contributed by atoms with Crippen LogP contribution in [-0.4, -0.2) is 34.8 Å². The first kappa shape index (κ1) is 19.2. The van der Waals surface area contributed by atoms with Gasteiger partial charge in [-0.15, -0.1) is 12.4 Å². The number of carbonyl (C=O) groups is 1. The number of para-hydroxylation sites is 1. The molecule has 0 unspecified atom stereocenters. The minimum Gasteiger partial charge on any atom is -0.355 e. The number of halogens is 1. The molecule has 6 heteroatoms. The van der Waals surface area contributed by atoms with Gasteiger partial charge < -0.3 is 10.6 Å². The van der Waals surface area contributed by atoms with Crippen molar-refractivity contribution in [1.29, 1.82) is 0 Å². The second-order valence-electron chi connectivity index (χ2n) is 5.39. The molecule has 1 atom stereocenters. The lowest BCUT2D eigenvalue weighted by atomic mass is 10.2. The highest BCUT2D eigenvalue weighted by atomic mass is 35.5. The second kappa shape index (κ2) is 10.0. The van der Waals surface area contributed by atoms with Gasteiger partial charge in [0.05, 0.1) is 11.9 Å². The van der Waals surface area contributed by atoms with Crippen LogP contribution in [0.15, 0.2) is 42.7 Å². The molecule has 0 aliphatic heterocycles. The standard InChI is InChI=1S/C17H24N4O.ClH/c1-3-18-14(2)11-19-17(22)10-9-15-12-20-21(13-15)16-7-5-4-6-8-16;/h4-8,12-14,18H,3,9-11H2,1-2H3,(H,19,22);1H/t14-;/m1./s1. The Labute approximate surface area is 143 Å². The molecule has 0 aliphatic rings. The van der Waals surface area contributed by atoms with Crippen LogP contribution in [0.1, 0.15) is 25.8 Å². The van der Waals surface area contributed by atoms with Crippen LogP contribution < -0.4 is 10.6 Å². The van der Waals surface area contributed by atoms with Gasteiger partial charge in [-0.25, -0.2) is 4.68 Å². The fourth-order valence-electron chi connectivity index (χ4n) is 2.24. The SMILES string of the molecule is CCN[C@H](C)CNC(=O)CCc1cnn(-c2ccccc2)c1.Cl. The van der Waals surface area contributed by atoms with Crippen molar-refractivity contribution in [2.45, 2.75) is 32.7 Å². The van der Waals surface area contributed by atoms with Crippen molar-refractivity contribution >= 4 is 18.3 Å². The van der Waals surface area contributed by atoms with E-state index >= 15 is 0 Å². The normalized spacial score (nSPS) is 11.6. The molecule has 2 aromatic rings. The molecule has 23 heavy (non-hydrogen) atoms. The molecule has 1 heterocycles. The molecule has 0 fully saturated rings. The average Bonchev–Trinajstić information content (AvgIpc) is 3.01. The predicted molar refractivity (Wildman–Crippen MR) is 95.3 cm³/mol. The van der Waals surface area contributed by atoms with Crippen molar-refractivity contribution in [2.75, 3.05) is 13.1 Å². The van der Waals surface area contributed by atoms with Crippen molar-refractivity contribution in [2.24, 2.45) is 0 Å². The number of rotatable bonds is 8. The monoisotopic (exact) mass is 336 g/mol. The van der Waals surface area contributed by atoms with Gasteiger partial charge in [0.1, 0.15) is 0 Å². The Hall–Kier alpha value is -1.85. The van der Waals surface area contributed by atoms with Gasteiger partial charge in [-0.2, -0.15) is 5.10 Å². The lowest BCUT2D eigenvalue weighted by Gasteiger charge is -2.12. The first-order valence-corrected chi connectivity index (χ1v) is 7.78. The maximum absolute atomic E-state index is 11.8. The van der Waals surface area contributed by atoms with E-state index < -0.39 is 0 Å². The second-order valence-corrected chi connectivity index (χ2v) is 5.39. The fourth-order valence-corrected chi connectivity index (χ4v) is 2.24. The maximum atomic E-state index is 11.8. The van der Waals surface area contributed by atoms with Gasteiger partial charge in [-0.3, -0.25) is 4.79 Å². The van der Waals surface area contributed by atoms with Gasteiger partial charge in [-0.05, 0) is 37.6 Å². The molecule has 0 bridgehead atoms. The lowest BCUT2D eigenvalue weighted by molar-refractivity contribution is -0.121. The van der Waals surface area contributed by atoms with Gasteiger partial charge in [0.15, 0.2) is 0 Å². The fraction of sp³-hybridized carbons (Fsp3) is 0.412. The molecule has 0 radical (unpaired) electrons. The van der Waals surface area contributed by atoms with E-state index in [9.17, 15) is 4.79 Å². The topological polar surface area (TPSA) is 58.9 Å². The zero-order valence-corrected chi connectivity index (χ0v) is 14.5. The van der Waals surface area contributed by atoms with Crippen LogP contribution >= 0.6 is 12.4 Å². The molecule has 5 nitrogen and oxygen atoms in total. The molecule has 1 aromatic heterocycles. The molecule has 0 aliphatic carbocycles. The van der Waals surface area contributed by atoms with E-state index in [0.717, 1.165) is 17.8 Å². The number of likely N-dealkylation sites (N-methyl/N-ethyl adjacent to an activating group) is 1. The Morgan fingerprint density at radius 3 is 2.74 bits per heavy atom. The Morgan fingerprint density at radius 1 is 1.30 bits per heavy atom. The summed E-state index contributed by atoms with van der Waals surface area (Å²) in [7, 11) is 0. The van der Waals surface area contributed by atoms with Crippen LogP contribution in [-0.2, 0) is 11.2 Å². The van der Waals surface area contributed by atoms with Crippen molar-refractivity contribution in [3.05, 3.63) is 48.3 Å². The number of nitrogens with zero attached hydrogens (tertiary/aromatic N) is 2. The van der Waals surface area contributed by atoms with E-state index in [1.165, 1.54) is 0 Å². The van der Waals surface area contributed by atoms with E-state index in [0.29, 0.717) is 25.4 Å². The summed E-state index contributed by atoms with van der Waals surface area (Å²) in [4.78, 5) is 11.8. The molecule has 2 rings (SSSR count). The number of aryl methyl sites for hydroxylation is 1. The van der Waals surface area contributed by atoms with E-state index in [1.807, 2.05) is 47.4 Å². The summed E-state index contributed by atoms with van der Waals surface area (Å²) in [5.74, 6) is 0.0808. The van der Waals surface area contributed by atoms with Crippen LogP contribution in [0.2, 0.25) is 0 Å². The quantitative estimate of drug-likeness (QED) is 0.778. The predicted octanol–water partition coefficient (Wildman–Crippen LogP) is 2.34. The number of benzene rings is 1. The summed E-state index contributed by atoms with van der Waals surface area (Å²) in [6.45, 7) is 5.70. The van der Waals surface area contributed by atoms with Crippen molar-refractivity contribution in [3.63, 3.8) is 0 Å². The molecule has 1 amide bonds. The molecule has 1 aromatic carbocycles. The van der Waals surface area contributed by atoms with Gasteiger partial charge in [-0.1, -0.05) is 25.1 Å². The molecule has 126 valence electrons. The summed E-state index contributed by atoms with van der Waals surface area (Å²) in [5.41, 5.74) is 2.09. The van der Waals surface area contributed by atoms with Crippen molar-refractivity contribution in [1.82, 2.24) is 20.4 Å². The Morgan fingerprint density at radius 2 is 2.04 bits per heavy atom. The van der Waals surface area contributed by atoms with Crippen LogP contribution in [0.3, 0.4) is 0 Å². The van der Waals surface area contributed by atoms with E-state index in [1.54, 1.807) is 0 Å². The highest BCUT2D eigenvalue weighted by Gasteiger charge is 2.06. The molecule has 0 spiro atoms. The van der Waals surface area contributed by atoms with Crippen LogP contribution in [0.5, 0.6) is 0 Å². The Kier molecular flexibility index (Phi) is 8.37. The third-order valence-electron chi connectivity index (χ3n) is 3.46. The van der Waals surface area contributed by atoms with Crippen LogP contribution in [0.25, 0.3) is 5.69 Å². The Balaban J connectivity index is 0.00000264. The zero-order chi connectivity index (χ0) is 15.8. The molecular formula is C17H25ClN4O. The average molecular weight is 337 g/mol. The summed E-state index contributed by atoms with van der Waals surface area (Å²) in [5, 5.41) is 10.6. The first-order chi connectivity index (χ1) is 10.7. The van der Waals surface area contributed by atoms with E-state index in [2.05, 4.69) is 29.6 Å². The molecular weight excluding hydrogens is 312 g/mol. The molecule has 0 saturated carbocycles. The third kappa shape index (κ3) is 6.42. The van der Waals surface area contributed by atoms with Crippen molar-refractivity contribution < 1.29 is 4.79 Å². The van der Waals surface area contributed by atoms with Gasteiger partial charge in [0.25, 0.3) is 0 Å². The highest BCUT2D eigenvalue weighted by Crippen LogP contribution is 2.09. The van der Waals surface area contributed by atoms with Crippen LogP contribution in [0, 0.1) is 0 Å². The summed E-state index contributed by atoms with van der Waals surface area (Å²) < 4.78 is 1.83. The molecule has 2 N–H and O–H groups in total. The maximum Gasteiger partial charge on any atom is 0.220 e. The number of carbonyl (C=O) groups excluding carboxylic acids is 1. The summed E-state index contributed by atoms with van der Waals surface area (Å²) in [6.07, 6.45) is 4.99.